The molecule has 1 aliphatic heterocycles. The van der Waals surface area contributed by atoms with E-state index in [1.807, 2.05) is 31.2 Å². The molecule has 2 aromatic rings. The van der Waals surface area contributed by atoms with E-state index in [-0.39, 0.29) is 5.91 Å². The van der Waals surface area contributed by atoms with Crippen molar-refractivity contribution < 1.29 is 14.3 Å². The van der Waals surface area contributed by atoms with Crippen LogP contribution in [0.4, 0.5) is 5.13 Å². The first-order valence-electron chi connectivity index (χ1n) is 7.87. The van der Waals surface area contributed by atoms with Crippen molar-refractivity contribution in [3.05, 3.63) is 29.1 Å². The van der Waals surface area contributed by atoms with Gasteiger partial charge in [0.05, 0.1) is 32.6 Å². The van der Waals surface area contributed by atoms with Crippen LogP contribution in [0.3, 0.4) is 0 Å². The highest BCUT2D eigenvalue weighted by molar-refractivity contribution is 7.16. The molecule has 0 saturated carbocycles. The summed E-state index contributed by atoms with van der Waals surface area (Å²) in [6.07, 6.45) is 0. The Hall–Kier alpha value is -1.96. The molecule has 0 atom stereocenters. The van der Waals surface area contributed by atoms with Gasteiger partial charge in [0, 0.05) is 23.5 Å². The van der Waals surface area contributed by atoms with Gasteiger partial charge in [-0.2, -0.15) is 0 Å². The molecule has 1 aromatic heterocycles. The molecule has 0 aliphatic carbocycles. The van der Waals surface area contributed by atoms with Crippen LogP contribution in [0.5, 0.6) is 5.75 Å². The molecule has 1 aliphatic rings. The summed E-state index contributed by atoms with van der Waals surface area (Å²) in [5.41, 5.74) is 1.91. The first-order chi connectivity index (χ1) is 11.7. The summed E-state index contributed by atoms with van der Waals surface area (Å²) < 4.78 is 10.5. The summed E-state index contributed by atoms with van der Waals surface area (Å²) in [6.45, 7) is 5.34. The number of hydrogen-bond acceptors (Lipinski definition) is 6. The summed E-state index contributed by atoms with van der Waals surface area (Å²) in [7, 11) is 1.64. The van der Waals surface area contributed by atoms with Crippen molar-refractivity contribution in [1.82, 2.24) is 9.88 Å². The van der Waals surface area contributed by atoms with E-state index in [0.29, 0.717) is 24.9 Å². The van der Waals surface area contributed by atoms with Gasteiger partial charge in [-0.05, 0) is 31.2 Å². The largest absolute Gasteiger partial charge is 0.497 e. The molecule has 24 heavy (non-hydrogen) atoms. The van der Waals surface area contributed by atoms with Gasteiger partial charge in [-0.25, -0.2) is 4.98 Å². The topological polar surface area (TPSA) is 63.7 Å². The van der Waals surface area contributed by atoms with Gasteiger partial charge in [-0.3, -0.25) is 9.69 Å². The Bertz CT molecular complexity index is 694. The number of ether oxygens (including phenoxy) is 2. The molecule has 6 nitrogen and oxygen atoms in total. The second-order valence-corrected chi connectivity index (χ2v) is 6.79. The molecule has 0 radical (unpaired) electrons. The maximum Gasteiger partial charge on any atom is 0.240 e. The number of nitrogens with one attached hydrogen (secondary N) is 1. The molecular formula is C17H21N3O3S. The van der Waals surface area contributed by atoms with Crippen LogP contribution >= 0.6 is 11.3 Å². The van der Waals surface area contributed by atoms with Crippen molar-refractivity contribution in [2.75, 3.05) is 45.3 Å². The normalized spacial score (nSPS) is 15.2. The molecule has 0 unspecified atom stereocenters. The van der Waals surface area contributed by atoms with E-state index in [1.54, 1.807) is 7.11 Å². The summed E-state index contributed by atoms with van der Waals surface area (Å²) in [4.78, 5) is 19.9. The number of benzene rings is 1. The van der Waals surface area contributed by atoms with Gasteiger partial charge in [0.25, 0.3) is 0 Å². The lowest BCUT2D eigenvalue weighted by atomic mass is 10.1. The number of methoxy groups -OCH3 is 1. The zero-order chi connectivity index (χ0) is 16.9. The summed E-state index contributed by atoms with van der Waals surface area (Å²) in [6, 6.07) is 7.76. The third kappa shape index (κ3) is 4.11. The van der Waals surface area contributed by atoms with E-state index in [2.05, 4.69) is 15.2 Å². The van der Waals surface area contributed by atoms with E-state index >= 15 is 0 Å². The van der Waals surface area contributed by atoms with E-state index < -0.39 is 0 Å². The van der Waals surface area contributed by atoms with E-state index in [1.165, 1.54) is 11.3 Å². The minimum Gasteiger partial charge on any atom is -0.497 e. The van der Waals surface area contributed by atoms with Gasteiger partial charge >= 0.3 is 0 Å². The van der Waals surface area contributed by atoms with Gasteiger partial charge in [0.1, 0.15) is 5.75 Å². The number of aromatic nitrogens is 1. The third-order valence-electron chi connectivity index (χ3n) is 3.88. The average Bonchev–Trinajstić information content (AvgIpc) is 2.96. The standard InChI is InChI=1S/C17H21N3O3S/c1-12-16(13-3-5-14(22-2)6-4-13)19-17(24-12)18-15(21)11-20-7-9-23-10-8-20/h3-6H,7-11H2,1-2H3,(H,18,19,21). The molecule has 1 aromatic carbocycles. The molecule has 0 bridgehead atoms. The van der Waals surface area contributed by atoms with Gasteiger partial charge < -0.3 is 14.8 Å². The lowest BCUT2D eigenvalue weighted by molar-refractivity contribution is -0.118. The number of anilines is 1. The van der Waals surface area contributed by atoms with Crippen LogP contribution in [0.15, 0.2) is 24.3 Å². The predicted octanol–water partition coefficient (Wildman–Crippen LogP) is 2.40. The number of amides is 1. The zero-order valence-corrected chi connectivity index (χ0v) is 14.7. The van der Waals surface area contributed by atoms with Crippen LogP contribution in [-0.2, 0) is 9.53 Å². The van der Waals surface area contributed by atoms with Crippen LogP contribution in [0, 0.1) is 6.92 Å². The van der Waals surface area contributed by atoms with Crippen LogP contribution in [-0.4, -0.2) is 55.7 Å². The summed E-state index contributed by atoms with van der Waals surface area (Å²) >= 11 is 1.49. The van der Waals surface area contributed by atoms with Crippen molar-refractivity contribution in [3.8, 4) is 17.0 Å². The van der Waals surface area contributed by atoms with Crippen molar-refractivity contribution in [2.45, 2.75) is 6.92 Å². The first kappa shape index (κ1) is 16.9. The fourth-order valence-electron chi connectivity index (χ4n) is 2.59. The van der Waals surface area contributed by atoms with Gasteiger partial charge in [0.2, 0.25) is 5.91 Å². The van der Waals surface area contributed by atoms with E-state index in [9.17, 15) is 4.79 Å². The fraction of sp³-hybridized carbons (Fsp3) is 0.412. The molecule has 1 saturated heterocycles. The number of hydrogen-bond donors (Lipinski definition) is 1. The monoisotopic (exact) mass is 347 g/mol. The smallest absolute Gasteiger partial charge is 0.240 e. The van der Waals surface area contributed by atoms with Crippen molar-refractivity contribution >= 4 is 22.4 Å². The SMILES string of the molecule is COc1ccc(-c2nc(NC(=O)CN3CCOCC3)sc2C)cc1. The highest BCUT2D eigenvalue weighted by Gasteiger charge is 2.16. The minimum atomic E-state index is -0.0352. The van der Waals surface area contributed by atoms with E-state index in [0.717, 1.165) is 35.0 Å². The molecule has 0 spiro atoms. The number of nitrogens with zero attached hydrogens (tertiary/aromatic N) is 2. The van der Waals surface area contributed by atoms with Gasteiger partial charge in [0.15, 0.2) is 5.13 Å². The molecule has 128 valence electrons. The Labute approximate surface area is 145 Å². The summed E-state index contributed by atoms with van der Waals surface area (Å²) in [5.74, 6) is 0.776. The highest BCUT2D eigenvalue weighted by Crippen LogP contribution is 2.31. The number of thiazole rings is 1. The van der Waals surface area contributed by atoms with Crippen LogP contribution < -0.4 is 10.1 Å². The molecule has 1 amide bonds. The van der Waals surface area contributed by atoms with Crippen molar-refractivity contribution in [2.24, 2.45) is 0 Å². The maximum absolute atomic E-state index is 12.2. The summed E-state index contributed by atoms with van der Waals surface area (Å²) in [5, 5.41) is 3.54. The lowest BCUT2D eigenvalue weighted by Crippen LogP contribution is -2.41. The molecule has 7 heteroatoms. The second kappa shape index (κ2) is 7.74. The lowest BCUT2D eigenvalue weighted by Gasteiger charge is -2.25. The number of carbonyl (C=O) groups excluding carboxylic acids is 1. The van der Waals surface area contributed by atoms with Gasteiger partial charge in [-0.1, -0.05) is 0 Å². The van der Waals surface area contributed by atoms with Crippen molar-refractivity contribution in [1.29, 1.82) is 0 Å². The van der Waals surface area contributed by atoms with Gasteiger partial charge in [-0.15, -0.1) is 11.3 Å². The average molecular weight is 347 g/mol. The quantitative estimate of drug-likeness (QED) is 0.900. The Morgan fingerprint density at radius 2 is 2.04 bits per heavy atom. The third-order valence-corrected chi connectivity index (χ3v) is 4.76. The number of aryl methyl sites for hydroxylation is 1. The van der Waals surface area contributed by atoms with Crippen molar-refractivity contribution in [3.63, 3.8) is 0 Å². The Kier molecular flexibility index (Phi) is 5.44. The number of morpholine rings is 1. The number of carbonyl (C=O) groups is 1. The van der Waals surface area contributed by atoms with Crippen LogP contribution in [0.2, 0.25) is 0 Å². The first-order valence-corrected chi connectivity index (χ1v) is 8.69. The predicted molar refractivity (Wildman–Crippen MR) is 94.7 cm³/mol. The minimum absolute atomic E-state index is 0.0352. The molecule has 1 N–H and O–H groups in total. The Morgan fingerprint density at radius 1 is 1.33 bits per heavy atom. The second-order valence-electron chi connectivity index (χ2n) is 5.59. The number of rotatable bonds is 5. The van der Waals surface area contributed by atoms with Crippen LogP contribution in [0.25, 0.3) is 11.3 Å². The molecule has 2 heterocycles. The van der Waals surface area contributed by atoms with Crippen LogP contribution in [0.1, 0.15) is 4.88 Å². The highest BCUT2D eigenvalue weighted by atomic mass is 32.1. The fourth-order valence-corrected chi connectivity index (χ4v) is 3.44. The van der Waals surface area contributed by atoms with E-state index in [4.69, 9.17) is 9.47 Å². The maximum atomic E-state index is 12.2. The zero-order valence-electron chi connectivity index (χ0n) is 13.9. The molecule has 1 fully saturated rings. The molecule has 3 rings (SSSR count). The Balaban J connectivity index is 1.65. The Morgan fingerprint density at radius 3 is 2.71 bits per heavy atom. The molecular weight excluding hydrogens is 326 g/mol.